The second-order valence-electron chi connectivity index (χ2n) is 5.39. The normalized spacial score (nSPS) is 10.5. The van der Waals surface area contributed by atoms with Gasteiger partial charge in [-0.25, -0.2) is 9.78 Å². The van der Waals surface area contributed by atoms with Crippen LogP contribution in [0.25, 0.3) is 10.2 Å². The average molecular weight is 400 g/mol. The summed E-state index contributed by atoms with van der Waals surface area (Å²) in [5.41, 5.74) is 1.01. The number of nitrogens with zero attached hydrogens (tertiary/aromatic N) is 2. The molecule has 2 N–H and O–H groups in total. The van der Waals surface area contributed by atoms with Crippen LogP contribution in [-0.4, -0.2) is 27.2 Å². The van der Waals surface area contributed by atoms with Gasteiger partial charge in [-0.05, 0) is 23.6 Å². The number of para-hydroxylation sites is 1. The number of hydrogen-bond donors (Lipinski definition) is 2. The number of rotatable bonds is 6. The first kappa shape index (κ1) is 18.9. The molecule has 7 nitrogen and oxygen atoms in total. The third-order valence-corrected chi connectivity index (χ3v) is 5.33. The Morgan fingerprint density at radius 3 is 2.78 bits per heavy atom. The highest BCUT2D eigenvalue weighted by Crippen LogP contribution is 2.20. The zero-order valence-corrected chi connectivity index (χ0v) is 15.8. The van der Waals surface area contributed by atoms with Gasteiger partial charge in [-0.15, -0.1) is 17.9 Å². The van der Waals surface area contributed by atoms with Crippen molar-refractivity contribution in [2.24, 2.45) is 0 Å². The zero-order chi connectivity index (χ0) is 19.2. The van der Waals surface area contributed by atoms with Crippen LogP contribution < -0.4 is 16.2 Å². The Hall–Kier alpha value is -2.91. The number of nitrogens with one attached hydrogen (secondary N) is 2. The average Bonchev–Trinajstić information content (AvgIpc) is 3.12. The molecule has 3 aromatic rings. The van der Waals surface area contributed by atoms with Gasteiger partial charge in [0.15, 0.2) is 5.16 Å². The Morgan fingerprint density at radius 2 is 2.04 bits per heavy atom. The van der Waals surface area contributed by atoms with Crippen LogP contribution >= 0.6 is 23.1 Å². The van der Waals surface area contributed by atoms with Gasteiger partial charge in [0.2, 0.25) is 5.91 Å². The number of aromatic nitrogens is 2. The molecule has 1 aromatic carbocycles. The summed E-state index contributed by atoms with van der Waals surface area (Å²) in [6.07, 6.45) is 1.60. The molecule has 0 aliphatic carbocycles. The van der Waals surface area contributed by atoms with E-state index >= 15 is 0 Å². The molecule has 138 valence electrons. The van der Waals surface area contributed by atoms with Gasteiger partial charge >= 0.3 is 6.03 Å². The molecule has 2 aromatic heterocycles. The van der Waals surface area contributed by atoms with Crippen molar-refractivity contribution in [3.8, 4) is 0 Å². The lowest BCUT2D eigenvalue weighted by atomic mass is 10.3. The van der Waals surface area contributed by atoms with Crippen molar-refractivity contribution in [2.45, 2.75) is 11.7 Å². The van der Waals surface area contributed by atoms with Gasteiger partial charge in [0, 0.05) is 12.2 Å². The van der Waals surface area contributed by atoms with Crippen molar-refractivity contribution in [3.63, 3.8) is 0 Å². The van der Waals surface area contributed by atoms with Crippen LogP contribution in [0.15, 0.2) is 64.4 Å². The smallest absolute Gasteiger partial charge is 0.308 e. The molecule has 0 saturated heterocycles. The number of allylic oxidation sites excluding steroid dienone is 1. The number of urea groups is 1. The first-order valence-electron chi connectivity index (χ1n) is 7.96. The summed E-state index contributed by atoms with van der Waals surface area (Å²) in [5.74, 6) is -0.542. The number of fused-ring (bicyclic) bond motifs is 1. The second-order valence-corrected chi connectivity index (χ2v) is 7.25. The summed E-state index contributed by atoms with van der Waals surface area (Å²) in [6, 6.07) is 9.95. The number of amides is 3. The van der Waals surface area contributed by atoms with Crippen molar-refractivity contribution >= 4 is 50.9 Å². The van der Waals surface area contributed by atoms with Crippen LogP contribution in [0, 0.1) is 0 Å². The second kappa shape index (κ2) is 8.65. The van der Waals surface area contributed by atoms with Crippen molar-refractivity contribution < 1.29 is 9.59 Å². The van der Waals surface area contributed by atoms with Gasteiger partial charge in [-0.2, -0.15) is 0 Å². The summed E-state index contributed by atoms with van der Waals surface area (Å²) in [7, 11) is 0. The molecule has 27 heavy (non-hydrogen) atoms. The van der Waals surface area contributed by atoms with Gasteiger partial charge < -0.3 is 5.32 Å². The van der Waals surface area contributed by atoms with E-state index in [0.717, 1.165) is 11.8 Å². The van der Waals surface area contributed by atoms with Crippen LogP contribution in [0.5, 0.6) is 0 Å². The lowest BCUT2D eigenvalue weighted by Gasteiger charge is -2.10. The number of carbonyl (C=O) groups excluding carboxylic acids is 2. The fourth-order valence-corrected chi connectivity index (χ4v) is 3.89. The predicted molar refractivity (Wildman–Crippen MR) is 108 cm³/mol. The summed E-state index contributed by atoms with van der Waals surface area (Å²) in [6.45, 7) is 3.94. The third-order valence-electron chi connectivity index (χ3n) is 3.46. The van der Waals surface area contributed by atoms with Crippen molar-refractivity contribution in [1.29, 1.82) is 0 Å². The monoisotopic (exact) mass is 400 g/mol. The molecule has 2 heterocycles. The lowest BCUT2D eigenvalue weighted by molar-refractivity contribution is -0.117. The third kappa shape index (κ3) is 4.63. The summed E-state index contributed by atoms with van der Waals surface area (Å²) >= 11 is 2.42. The first-order valence-corrected chi connectivity index (χ1v) is 9.82. The molecule has 3 amide bonds. The number of thiophene rings is 1. The van der Waals surface area contributed by atoms with E-state index in [9.17, 15) is 14.4 Å². The minimum absolute atomic E-state index is 0.0541. The Bertz CT molecular complexity index is 1040. The van der Waals surface area contributed by atoms with E-state index in [1.54, 1.807) is 41.8 Å². The number of anilines is 1. The van der Waals surface area contributed by atoms with Crippen LogP contribution in [-0.2, 0) is 11.3 Å². The maximum absolute atomic E-state index is 12.5. The fraction of sp³-hybridized carbons (Fsp3) is 0.111. The predicted octanol–water partition coefficient (Wildman–Crippen LogP) is 3.08. The molecule has 0 radical (unpaired) electrons. The van der Waals surface area contributed by atoms with Crippen molar-refractivity contribution in [2.75, 3.05) is 11.1 Å². The van der Waals surface area contributed by atoms with E-state index < -0.39 is 11.9 Å². The number of carbonyl (C=O) groups is 2. The van der Waals surface area contributed by atoms with E-state index in [1.807, 2.05) is 6.07 Å². The number of thioether (sulfide) groups is 1. The van der Waals surface area contributed by atoms with E-state index in [4.69, 9.17) is 0 Å². The molecule has 0 aliphatic rings. The van der Waals surface area contributed by atoms with Crippen LogP contribution in [0.1, 0.15) is 0 Å². The van der Waals surface area contributed by atoms with Crippen LogP contribution in [0.3, 0.4) is 0 Å². The van der Waals surface area contributed by atoms with Gasteiger partial charge in [-0.3, -0.25) is 19.5 Å². The van der Waals surface area contributed by atoms with Crippen molar-refractivity contribution in [1.82, 2.24) is 14.9 Å². The lowest BCUT2D eigenvalue weighted by Crippen LogP contribution is -2.35. The highest BCUT2D eigenvalue weighted by atomic mass is 32.2. The van der Waals surface area contributed by atoms with Crippen molar-refractivity contribution in [3.05, 3.63) is 64.8 Å². The summed E-state index contributed by atoms with van der Waals surface area (Å²) < 4.78 is 2.03. The Balaban J connectivity index is 1.66. The van der Waals surface area contributed by atoms with E-state index in [-0.39, 0.29) is 17.9 Å². The minimum Gasteiger partial charge on any atom is -0.308 e. The molecule has 0 saturated carbocycles. The Kier molecular flexibility index (Phi) is 6.05. The van der Waals surface area contributed by atoms with Gasteiger partial charge in [-0.1, -0.05) is 36.0 Å². The molecule has 9 heteroatoms. The topological polar surface area (TPSA) is 93.1 Å². The Morgan fingerprint density at radius 1 is 1.26 bits per heavy atom. The Labute approximate surface area is 163 Å². The van der Waals surface area contributed by atoms with Gasteiger partial charge in [0.05, 0.1) is 11.3 Å². The molecule has 0 atom stereocenters. The molecular formula is C18H16N4O3S2. The van der Waals surface area contributed by atoms with E-state index in [1.165, 1.54) is 15.9 Å². The molecule has 0 unspecified atom stereocenters. The van der Waals surface area contributed by atoms with Gasteiger partial charge in [0.1, 0.15) is 4.70 Å². The van der Waals surface area contributed by atoms with Crippen LogP contribution in [0.4, 0.5) is 10.5 Å². The molecular weight excluding hydrogens is 384 g/mol. The van der Waals surface area contributed by atoms with Gasteiger partial charge in [0.25, 0.3) is 5.56 Å². The highest BCUT2D eigenvalue weighted by molar-refractivity contribution is 7.99. The maximum Gasteiger partial charge on any atom is 0.325 e. The highest BCUT2D eigenvalue weighted by Gasteiger charge is 2.14. The van der Waals surface area contributed by atoms with E-state index in [2.05, 4.69) is 22.2 Å². The van der Waals surface area contributed by atoms with E-state index in [0.29, 0.717) is 21.1 Å². The molecule has 0 spiro atoms. The maximum atomic E-state index is 12.5. The molecule has 3 rings (SSSR count). The quantitative estimate of drug-likeness (QED) is 0.377. The molecule has 0 aliphatic heterocycles. The standard InChI is InChI=1S/C18H16N4O3S2/c1-2-9-22-16(24)15-13(8-10-26-15)20-18(22)27-11-14(23)21-17(25)19-12-6-4-3-5-7-12/h2-8,10H,1,9,11H2,(H2,19,21,23,25). The number of benzene rings is 1. The van der Waals surface area contributed by atoms with Crippen LogP contribution in [0.2, 0.25) is 0 Å². The number of imide groups is 1. The first-order chi connectivity index (χ1) is 13.1. The largest absolute Gasteiger partial charge is 0.325 e. The minimum atomic E-state index is -0.614. The summed E-state index contributed by atoms with van der Waals surface area (Å²) in [5, 5.41) is 7.03. The number of hydrogen-bond acceptors (Lipinski definition) is 6. The molecule has 0 fully saturated rings. The summed E-state index contributed by atoms with van der Waals surface area (Å²) in [4.78, 5) is 40.9. The fourth-order valence-electron chi connectivity index (χ4n) is 2.30. The SMILES string of the molecule is C=CCn1c(SCC(=O)NC(=O)Nc2ccccc2)nc2ccsc2c1=O. The zero-order valence-electron chi connectivity index (χ0n) is 14.2. The molecule has 0 bridgehead atoms.